The lowest BCUT2D eigenvalue weighted by Gasteiger charge is -2.11. The van der Waals surface area contributed by atoms with E-state index < -0.39 is 11.8 Å². The molecule has 0 aliphatic heterocycles. The lowest BCUT2D eigenvalue weighted by molar-refractivity contribution is -0.123. The predicted molar refractivity (Wildman–Crippen MR) is 114 cm³/mol. The Hall–Kier alpha value is -2.32. The van der Waals surface area contributed by atoms with E-state index in [2.05, 4.69) is 16.2 Å². The SMILES string of the molecule is O=C(/C=C/c1ccc(Cl)cc1)NC(=S)NNC(=O)COc1ccc(Cl)cc1Cl. The van der Waals surface area contributed by atoms with Crippen LogP contribution in [0.4, 0.5) is 0 Å². The van der Waals surface area contributed by atoms with Gasteiger partial charge in [-0.3, -0.25) is 25.8 Å². The summed E-state index contributed by atoms with van der Waals surface area (Å²) >= 11 is 22.4. The Morgan fingerprint density at radius 2 is 1.68 bits per heavy atom. The van der Waals surface area contributed by atoms with Gasteiger partial charge in [0.15, 0.2) is 11.7 Å². The molecule has 0 radical (unpaired) electrons. The number of benzene rings is 2. The first-order valence-corrected chi connectivity index (χ1v) is 9.29. The van der Waals surface area contributed by atoms with Crippen LogP contribution in [0.5, 0.6) is 5.75 Å². The molecule has 146 valence electrons. The van der Waals surface area contributed by atoms with Gasteiger partial charge in [0, 0.05) is 16.1 Å². The summed E-state index contributed by atoms with van der Waals surface area (Å²) in [6, 6.07) is 11.6. The van der Waals surface area contributed by atoms with Crippen LogP contribution in [0.25, 0.3) is 6.08 Å². The summed E-state index contributed by atoms with van der Waals surface area (Å²) in [6.07, 6.45) is 2.89. The van der Waals surface area contributed by atoms with E-state index in [1.54, 1.807) is 42.5 Å². The molecule has 0 spiro atoms. The van der Waals surface area contributed by atoms with E-state index in [-0.39, 0.29) is 16.7 Å². The zero-order chi connectivity index (χ0) is 20.5. The Morgan fingerprint density at radius 3 is 2.36 bits per heavy atom. The van der Waals surface area contributed by atoms with Gasteiger partial charge in [-0.2, -0.15) is 0 Å². The first-order valence-electron chi connectivity index (χ1n) is 7.75. The largest absolute Gasteiger partial charge is 0.482 e. The average molecular weight is 459 g/mol. The molecule has 2 amide bonds. The highest BCUT2D eigenvalue weighted by atomic mass is 35.5. The monoisotopic (exact) mass is 457 g/mol. The van der Waals surface area contributed by atoms with Gasteiger partial charge in [-0.1, -0.05) is 46.9 Å². The maximum Gasteiger partial charge on any atom is 0.276 e. The van der Waals surface area contributed by atoms with Gasteiger partial charge in [0.1, 0.15) is 5.75 Å². The number of carbonyl (C=O) groups excluding carboxylic acids is 2. The molecule has 0 saturated carbocycles. The maximum absolute atomic E-state index is 11.8. The van der Waals surface area contributed by atoms with Crippen LogP contribution in [0.15, 0.2) is 48.5 Å². The van der Waals surface area contributed by atoms with Crippen LogP contribution in [0.3, 0.4) is 0 Å². The first kappa shape index (κ1) is 22.0. The summed E-state index contributed by atoms with van der Waals surface area (Å²) < 4.78 is 5.27. The van der Waals surface area contributed by atoms with Crippen molar-refractivity contribution in [2.24, 2.45) is 0 Å². The highest BCUT2D eigenvalue weighted by molar-refractivity contribution is 7.80. The molecule has 2 aromatic carbocycles. The van der Waals surface area contributed by atoms with E-state index in [9.17, 15) is 9.59 Å². The second kappa shape index (κ2) is 10.9. The molecule has 0 aromatic heterocycles. The smallest absolute Gasteiger partial charge is 0.276 e. The molecule has 2 rings (SSSR count). The van der Waals surface area contributed by atoms with Gasteiger partial charge >= 0.3 is 0 Å². The number of nitrogens with one attached hydrogen (secondary N) is 3. The summed E-state index contributed by atoms with van der Waals surface area (Å²) in [5.41, 5.74) is 5.48. The zero-order valence-corrected chi connectivity index (χ0v) is 17.3. The minimum absolute atomic E-state index is 0.0800. The highest BCUT2D eigenvalue weighted by Gasteiger charge is 2.07. The fourth-order valence-electron chi connectivity index (χ4n) is 1.83. The second-order valence-electron chi connectivity index (χ2n) is 5.24. The van der Waals surface area contributed by atoms with Crippen LogP contribution >= 0.6 is 47.0 Å². The molecule has 0 atom stereocenters. The normalized spacial score (nSPS) is 10.4. The number of halogens is 3. The third-order valence-corrected chi connectivity index (χ3v) is 4.09. The molecule has 28 heavy (non-hydrogen) atoms. The van der Waals surface area contributed by atoms with Crippen molar-refractivity contribution in [2.45, 2.75) is 0 Å². The number of carbonyl (C=O) groups is 2. The summed E-state index contributed by atoms with van der Waals surface area (Å²) in [7, 11) is 0. The van der Waals surface area contributed by atoms with E-state index >= 15 is 0 Å². The maximum atomic E-state index is 11.8. The second-order valence-corrected chi connectivity index (χ2v) is 6.93. The van der Waals surface area contributed by atoms with Crippen molar-refractivity contribution in [1.29, 1.82) is 0 Å². The van der Waals surface area contributed by atoms with E-state index in [4.69, 9.17) is 51.8 Å². The summed E-state index contributed by atoms with van der Waals surface area (Å²) in [5.74, 6) is -0.686. The molecule has 10 heteroatoms. The van der Waals surface area contributed by atoms with Crippen molar-refractivity contribution in [1.82, 2.24) is 16.2 Å². The van der Waals surface area contributed by atoms with Crippen LogP contribution in [-0.2, 0) is 9.59 Å². The van der Waals surface area contributed by atoms with Crippen molar-refractivity contribution < 1.29 is 14.3 Å². The lowest BCUT2D eigenvalue weighted by Crippen LogP contribution is -2.49. The molecule has 0 fully saturated rings. The number of amides is 2. The van der Waals surface area contributed by atoms with Crippen LogP contribution in [0.1, 0.15) is 5.56 Å². The number of hydrogen-bond donors (Lipinski definition) is 3. The summed E-state index contributed by atoms with van der Waals surface area (Å²) in [6.45, 7) is -0.318. The first-order chi connectivity index (χ1) is 13.3. The predicted octanol–water partition coefficient (Wildman–Crippen LogP) is 3.76. The van der Waals surface area contributed by atoms with Crippen molar-refractivity contribution in [3.63, 3.8) is 0 Å². The topological polar surface area (TPSA) is 79.5 Å². The lowest BCUT2D eigenvalue weighted by atomic mass is 10.2. The fraction of sp³-hybridized carbons (Fsp3) is 0.0556. The van der Waals surface area contributed by atoms with Crippen LogP contribution < -0.4 is 20.9 Å². The molecule has 0 aliphatic rings. The minimum Gasteiger partial charge on any atom is -0.482 e. The van der Waals surface area contributed by atoms with Gasteiger partial charge in [0.05, 0.1) is 5.02 Å². The van der Waals surface area contributed by atoms with Gasteiger partial charge in [-0.15, -0.1) is 0 Å². The van der Waals surface area contributed by atoms with E-state index in [0.29, 0.717) is 15.8 Å². The summed E-state index contributed by atoms with van der Waals surface area (Å²) in [5, 5.41) is 3.64. The molecule has 0 heterocycles. The van der Waals surface area contributed by atoms with Gasteiger partial charge in [0.2, 0.25) is 5.91 Å². The average Bonchev–Trinajstić information content (AvgIpc) is 2.65. The minimum atomic E-state index is -0.528. The Bertz CT molecular complexity index is 905. The van der Waals surface area contributed by atoms with Crippen molar-refractivity contribution in [3.8, 4) is 5.75 Å². The number of rotatable bonds is 5. The molecular formula is C18H14Cl3N3O3S. The van der Waals surface area contributed by atoms with Gasteiger partial charge in [0.25, 0.3) is 5.91 Å². The van der Waals surface area contributed by atoms with Gasteiger partial charge < -0.3 is 4.74 Å². The van der Waals surface area contributed by atoms with Crippen molar-refractivity contribution in [3.05, 3.63) is 69.2 Å². The van der Waals surface area contributed by atoms with Crippen LogP contribution in [0, 0.1) is 0 Å². The summed E-state index contributed by atoms with van der Waals surface area (Å²) in [4.78, 5) is 23.6. The number of hydrazine groups is 1. The third kappa shape index (κ3) is 7.74. The van der Waals surface area contributed by atoms with E-state index in [1.807, 2.05) is 0 Å². The van der Waals surface area contributed by atoms with Crippen molar-refractivity contribution >= 4 is 70.0 Å². The molecule has 0 saturated heterocycles. The molecule has 6 nitrogen and oxygen atoms in total. The molecule has 2 aromatic rings. The molecule has 0 aliphatic carbocycles. The van der Waals surface area contributed by atoms with Crippen LogP contribution in [-0.4, -0.2) is 23.5 Å². The standard InChI is InChI=1S/C18H14Cl3N3O3S/c19-12-4-1-11(2-5-12)3-8-16(25)22-18(28)24-23-17(26)10-27-15-7-6-13(20)9-14(15)21/h1-9H,10H2,(H,23,26)(H2,22,24,25,28)/b8-3+. The van der Waals surface area contributed by atoms with E-state index in [0.717, 1.165) is 5.56 Å². The number of thiocarbonyl (C=S) groups is 1. The Kier molecular flexibility index (Phi) is 8.53. The zero-order valence-electron chi connectivity index (χ0n) is 14.2. The number of ether oxygens (including phenoxy) is 1. The third-order valence-electron chi connectivity index (χ3n) is 3.10. The van der Waals surface area contributed by atoms with Gasteiger partial charge in [-0.25, -0.2) is 0 Å². The number of hydrogen-bond acceptors (Lipinski definition) is 4. The molecular weight excluding hydrogens is 445 g/mol. The molecule has 0 unspecified atom stereocenters. The molecule has 0 bridgehead atoms. The van der Waals surface area contributed by atoms with E-state index in [1.165, 1.54) is 12.1 Å². The van der Waals surface area contributed by atoms with Crippen molar-refractivity contribution in [2.75, 3.05) is 6.61 Å². The Labute approximate surface area is 181 Å². The molecule has 3 N–H and O–H groups in total. The van der Waals surface area contributed by atoms with Gasteiger partial charge in [-0.05, 0) is 54.2 Å². The van der Waals surface area contributed by atoms with Crippen LogP contribution in [0.2, 0.25) is 15.1 Å². The Morgan fingerprint density at radius 1 is 1.00 bits per heavy atom. The fourth-order valence-corrected chi connectivity index (χ4v) is 2.57. The Balaban J connectivity index is 1.71. The highest BCUT2D eigenvalue weighted by Crippen LogP contribution is 2.27. The quantitative estimate of drug-likeness (QED) is 0.361.